The molecule has 3 rings (SSSR count). The molecule has 0 fully saturated rings. The van der Waals surface area contributed by atoms with Crippen molar-refractivity contribution in [2.24, 2.45) is 0 Å². The first-order valence-electron chi connectivity index (χ1n) is 8.79. The maximum Gasteiger partial charge on any atom is 0.272 e. The van der Waals surface area contributed by atoms with Gasteiger partial charge in [-0.3, -0.25) is 19.6 Å². The molecular formula is C20H19ClN4O3S. The van der Waals surface area contributed by atoms with Crippen molar-refractivity contribution < 1.29 is 9.72 Å². The molecule has 2 aromatic carbocycles. The van der Waals surface area contributed by atoms with E-state index < -0.39 is 11.0 Å². The number of nitro benzene ring substituents is 1. The van der Waals surface area contributed by atoms with Crippen molar-refractivity contribution in [3.8, 4) is 0 Å². The van der Waals surface area contributed by atoms with E-state index in [2.05, 4.69) is 10.4 Å². The Morgan fingerprint density at radius 2 is 1.90 bits per heavy atom. The number of hydrogen-bond acceptors (Lipinski definition) is 5. The minimum absolute atomic E-state index is 0.0944. The van der Waals surface area contributed by atoms with Gasteiger partial charge in [0.1, 0.15) is 6.04 Å². The van der Waals surface area contributed by atoms with Crippen LogP contribution in [-0.2, 0) is 4.79 Å². The van der Waals surface area contributed by atoms with Crippen LogP contribution in [0.4, 0.5) is 11.4 Å². The molecule has 1 N–H and O–H groups in total. The summed E-state index contributed by atoms with van der Waals surface area (Å²) in [6.45, 7) is 5.42. The lowest BCUT2D eigenvalue weighted by atomic mass is 10.2. The molecule has 29 heavy (non-hydrogen) atoms. The molecular weight excluding hydrogens is 412 g/mol. The molecule has 0 saturated heterocycles. The number of anilines is 1. The summed E-state index contributed by atoms with van der Waals surface area (Å²) in [5.74, 6) is -0.351. The minimum Gasteiger partial charge on any atom is -0.324 e. The third kappa shape index (κ3) is 5.16. The monoisotopic (exact) mass is 430 g/mol. The Labute approximate surface area is 177 Å². The standard InChI is InChI=1S/C20H19ClN4O3S/c1-12-4-6-17(7-5-12)29-18-9-15(8-16(10-18)25(27)28)22-20(26)14(3)24-11-19(21)13(2)23-24/h4-11,14H,1-3H3,(H,22,26). The van der Waals surface area contributed by atoms with Gasteiger partial charge in [-0.1, -0.05) is 41.1 Å². The van der Waals surface area contributed by atoms with E-state index in [0.717, 1.165) is 10.5 Å². The van der Waals surface area contributed by atoms with Gasteiger partial charge in [0.15, 0.2) is 0 Å². The number of benzene rings is 2. The second-order valence-electron chi connectivity index (χ2n) is 6.60. The van der Waals surface area contributed by atoms with Crippen molar-refractivity contribution >= 4 is 40.6 Å². The quantitative estimate of drug-likeness (QED) is 0.417. The summed E-state index contributed by atoms with van der Waals surface area (Å²) >= 11 is 7.40. The number of aromatic nitrogens is 2. The average molecular weight is 431 g/mol. The molecule has 0 bridgehead atoms. The van der Waals surface area contributed by atoms with E-state index >= 15 is 0 Å². The highest BCUT2D eigenvalue weighted by atomic mass is 35.5. The van der Waals surface area contributed by atoms with Crippen LogP contribution in [0.5, 0.6) is 0 Å². The SMILES string of the molecule is Cc1ccc(Sc2cc(NC(=O)C(C)n3cc(Cl)c(C)n3)cc([N+](=O)[O-])c2)cc1. The fourth-order valence-electron chi connectivity index (χ4n) is 2.59. The number of nitro groups is 1. The Balaban J connectivity index is 1.83. The molecule has 150 valence electrons. The zero-order valence-electron chi connectivity index (χ0n) is 16.0. The molecule has 0 radical (unpaired) electrons. The third-order valence-electron chi connectivity index (χ3n) is 4.26. The zero-order chi connectivity index (χ0) is 21.1. The summed E-state index contributed by atoms with van der Waals surface area (Å²) in [6.07, 6.45) is 1.58. The predicted molar refractivity (Wildman–Crippen MR) is 114 cm³/mol. The Morgan fingerprint density at radius 3 is 2.48 bits per heavy atom. The minimum atomic E-state index is -0.631. The van der Waals surface area contributed by atoms with Gasteiger partial charge in [-0.2, -0.15) is 5.10 Å². The molecule has 1 heterocycles. The van der Waals surface area contributed by atoms with Crippen molar-refractivity contribution in [2.45, 2.75) is 36.6 Å². The summed E-state index contributed by atoms with van der Waals surface area (Å²) in [5.41, 5.74) is 2.01. The summed E-state index contributed by atoms with van der Waals surface area (Å²) in [4.78, 5) is 25.1. The second kappa shape index (κ2) is 8.67. The molecule has 1 unspecified atom stereocenters. The van der Waals surface area contributed by atoms with E-state index in [1.165, 1.54) is 28.6 Å². The lowest BCUT2D eigenvalue weighted by Gasteiger charge is -2.13. The number of nitrogens with zero attached hydrogens (tertiary/aromatic N) is 3. The largest absolute Gasteiger partial charge is 0.324 e. The van der Waals surface area contributed by atoms with Gasteiger partial charge < -0.3 is 5.32 Å². The molecule has 0 aliphatic rings. The number of hydrogen-bond donors (Lipinski definition) is 1. The van der Waals surface area contributed by atoms with Gasteiger partial charge in [-0.15, -0.1) is 0 Å². The summed E-state index contributed by atoms with van der Waals surface area (Å²) < 4.78 is 1.46. The van der Waals surface area contributed by atoms with Gasteiger partial charge in [-0.25, -0.2) is 0 Å². The van der Waals surface area contributed by atoms with Crippen molar-refractivity contribution in [2.75, 3.05) is 5.32 Å². The van der Waals surface area contributed by atoms with Gasteiger partial charge >= 0.3 is 0 Å². The van der Waals surface area contributed by atoms with Gasteiger partial charge in [0.05, 0.1) is 15.6 Å². The number of rotatable bonds is 6. The van der Waals surface area contributed by atoms with Gasteiger partial charge in [0.2, 0.25) is 5.91 Å². The van der Waals surface area contributed by atoms with Crippen LogP contribution in [0, 0.1) is 24.0 Å². The van der Waals surface area contributed by atoms with Crippen LogP contribution in [0.15, 0.2) is 58.5 Å². The number of non-ortho nitro benzene ring substituents is 1. The van der Waals surface area contributed by atoms with E-state index in [-0.39, 0.29) is 11.6 Å². The van der Waals surface area contributed by atoms with Crippen LogP contribution >= 0.6 is 23.4 Å². The van der Waals surface area contributed by atoms with Crippen molar-refractivity contribution in [1.29, 1.82) is 0 Å². The first kappa shape index (κ1) is 20.9. The third-order valence-corrected chi connectivity index (χ3v) is 5.61. The van der Waals surface area contributed by atoms with E-state index in [1.54, 1.807) is 26.1 Å². The molecule has 0 saturated carbocycles. The molecule has 0 aliphatic heterocycles. The number of aryl methyl sites for hydroxylation is 2. The topological polar surface area (TPSA) is 90.1 Å². The molecule has 1 atom stereocenters. The van der Waals surface area contributed by atoms with Crippen LogP contribution in [0.2, 0.25) is 5.02 Å². The predicted octanol–water partition coefficient (Wildman–Crippen LogP) is 5.41. The van der Waals surface area contributed by atoms with Gasteiger partial charge in [0, 0.05) is 33.8 Å². The highest BCUT2D eigenvalue weighted by molar-refractivity contribution is 7.99. The Kier molecular flexibility index (Phi) is 6.24. The highest BCUT2D eigenvalue weighted by Gasteiger charge is 2.19. The number of amides is 1. The molecule has 3 aromatic rings. The van der Waals surface area contributed by atoms with Crippen LogP contribution in [0.1, 0.15) is 24.2 Å². The normalized spacial score (nSPS) is 11.9. The van der Waals surface area contributed by atoms with Crippen molar-refractivity contribution in [3.63, 3.8) is 0 Å². The molecule has 9 heteroatoms. The maximum absolute atomic E-state index is 12.6. The molecule has 0 spiro atoms. The molecule has 0 aliphatic carbocycles. The first-order chi connectivity index (χ1) is 13.7. The summed E-state index contributed by atoms with van der Waals surface area (Å²) in [7, 11) is 0. The van der Waals surface area contributed by atoms with E-state index in [9.17, 15) is 14.9 Å². The van der Waals surface area contributed by atoms with Crippen LogP contribution < -0.4 is 5.32 Å². The number of halogens is 1. The first-order valence-corrected chi connectivity index (χ1v) is 9.98. The van der Waals surface area contributed by atoms with Crippen LogP contribution in [0.3, 0.4) is 0 Å². The van der Waals surface area contributed by atoms with Gasteiger partial charge in [0.25, 0.3) is 5.69 Å². The highest BCUT2D eigenvalue weighted by Crippen LogP contribution is 2.33. The lowest BCUT2D eigenvalue weighted by molar-refractivity contribution is -0.385. The summed E-state index contributed by atoms with van der Waals surface area (Å²) in [5, 5.41) is 18.8. The summed E-state index contributed by atoms with van der Waals surface area (Å²) in [6, 6.07) is 11.7. The number of carbonyl (C=O) groups excluding carboxylic acids is 1. The Bertz CT molecular complexity index is 1050. The van der Waals surface area contributed by atoms with Gasteiger partial charge in [-0.05, 0) is 39.0 Å². The Morgan fingerprint density at radius 1 is 1.21 bits per heavy atom. The van der Waals surface area contributed by atoms with E-state index in [4.69, 9.17) is 11.6 Å². The van der Waals surface area contributed by atoms with E-state index in [0.29, 0.717) is 21.3 Å². The fraction of sp³-hybridized carbons (Fsp3) is 0.200. The second-order valence-corrected chi connectivity index (χ2v) is 8.15. The molecule has 1 amide bonds. The molecule has 1 aromatic heterocycles. The number of carbonyl (C=O) groups is 1. The van der Waals surface area contributed by atoms with Crippen molar-refractivity contribution in [1.82, 2.24) is 9.78 Å². The van der Waals surface area contributed by atoms with Crippen LogP contribution in [-0.4, -0.2) is 20.6 Å². The van der Waals surface area contributed by atoms with Crippen LogP contribution in [0.25, 0.3) is 0 Å². The Hall–Kier alpha value is -2.84. The fourth-order valence-corrected chi connectivity index (χ4v) is 3.63. The zero-order valence-corrected chi connectivity index (χ0v) is 17.6. The average Bonchev–Trinajstić information content (AvgIpc) is 3.01. The number of nitrogens with one attached hydrogen (secondary N) is 1. The molecule has 7 nitrogen and oxygen atoms in total. The lowest BCUT2D eigenvalue weighted by Crippen LogP contribution is -2.24. The van der Waals surface area contributed by atoms with Crippen molar-refractivity contribution in [3.05, 3.63) is 75.1 Å². The smallest absolute Gasteiger partial charge is 0.272 e. The maximum atomic E-state index is 12.6. The van der Waals surface area contributed by atoms with E-state index in [1.807, 2.05) is 31.2 Å².